The first kappa shape index (κ1) is 12.9. The summed E-state index contributed by atoms with van der Waals surface area (Å²) in [5.41, 5.74) is 5.52. The van der Waals surface area contributed by atoms with Crippen LogP contribution in [0.15, 0.2) is 0 Å². The van der Waals surface area contributed by atoms with Crippen LogP contribution in [0.2, 0.25) is 0 Å². The molecule has 0 aromatic carbocycles. The van der Waals surface area contributed by atoms with E-state index in [1.165, 1.54) is 19.4 Å². The second-order valence-corrected chi connectivity index (χ2v) is 4.91. The molecule has 0 aromatic heterocycles. The lowest BCUT2D eigenvalue weighted by Crippen LogP contribution is -2.39. The van der Waals surface area contributed by atoms with Crippen LogP contribution in [-0.4, -0.2) is 43.8 Å². The number of likely N-dealkylation sites (N-methyl/N-ethyl adjacent to an activating group) is 1. The average molecular weight is 214 g/mol. The van der Waals surface area contributed by atoms with E-state index in [1.807, 2.05) is 0 Å². The van der Waals surface area contributed by atoms with Gasteiger partial charge < -0.3 is 15.4 Å². The lowest BCUT2D eigenvalue weighted by molar-refractivity contribution is 0.0785. The highest BCUT2D eigenvalue weighted by Crippen LogP contribution is 2.19. The largest absolute Gasteiger partial charge is 0.377 e. The first-order valence-electron chi connectivity index (χ1n) is 6.17. The van der Waals surface area contributed by atoms with Crippen molar-refractivity contribution in [2.75, 3.05) is 26.7 Å². The molecule has 0 aromatic rings. The molecular formula is C12H26N2O. The lowest BCUT2D eigenvalue weighted by Gasteiger charge is -2.29. The highest BCUT2D eigenvalue weighted by atomic mass is 16.5. The van der Waals surface area contributed by atoms with E-state index >= 15 is 0 Å². The molecule has 0 bridgehead atoms. The fourth-order valence-corrected chi connectivity index (χ4v) is 2.48. The quantitative estimate of drug-likeness (QED) is 0.727. The second kappa shape index (κ2) is 6.46. The summed E-state index contributed by atoms with van der Waals surface area (Å²) in [5, 5.41) is 0. The molecule has 3 atom stereocenters. The number of nitrogens with zero attached hydrogens (tertiary/aromatic N) is 1. The van der Waals surface area contributed by atoms with Gasteiger partial charge in [-0.25, -0.2) is 0 Å². The van der Waals surface area contributed by atoms with Crippen LogP contribution in [0.1, 0.15) is 33.1 Å². The van der Waals surface area contributed by atoms with Crippen LogP contribution in [0.4, 0.5) is 0 Å². The second-order valence-electron chi connectivity index (χ2n) is 4.91. The van der Waals surface area contributed by atoms with E-state index in [-0.39, 0.29) is 0 Å². The minimum atomic E-state index is 0.400. The Morgan fingerprint density at radius 3 is 2.80 bits per heavy atom. The monoisotopic (exact) mass is 214 g/mol. The van der Waals surface area contributed by atoms with Gasteiger partial charge in [0.2, 0.25) is 0 Å². The molecule has 15 heavy (non-hydrogen) atoms. The van der Waals surface area contributed by atoms with Gasteiger partial charge in [0.25, 0.3) is 0 Å². The van der Waals surface area contributed by atoms with E-state index in [1.54, 1.807) is 0 Å². The summed E-state index contributed by atoms with van der Waals surface area (Å²) in [7, 11) is 2.22. The standard InChI is InChI=1S/C12H26N2O/c1-10(5-4-7-13)9-14(3)12-6-8-15-11(12)2/h10-12H,4-9,13H2,1-3H3. The molecule has 0 spiro atoms. The van der Waals surface area contributed by atoms with Crippen molar-refractivity contribution in [3.05, 3.63) is 0 Å². The van der Waals surface area contributed by atoms with Crippen LogP contribution in [0.25, 0.3) is 0 Å². The van der Waals surface area contributed by atoms with Gasteiger partial charge in [0.1, 0.15) is 0 Å². The molecule has 3 heteroatoms. The van der Waals surface area contributed by atoms with E-state index in [4.69, 9.17) is 10.5 Å². The molecule has 0 aliphatic carbocycles. The highest BCUT2D eigenvalue weighted by Gasteiger charge is 2.28. The van der Waals surface area contributed by atoms with Crippen molar-refractivity contribution in [2.24, 2.45) is 11.7 Å². The highest BCUT2D eigenvalue weighted by molar-refractivity contribution is 4.81. The fourth-order valence-electron chi connectivity index (χ4n) is 2.48. The van der Waals surface area contributed by atoms with E-state index in [0.29, 0.717) is 12.1 Å². The molecule has 1 heterocycles. The zero-order chi connectivity index (χ0) is 11.3. The van der Waals surface area contributed by atoms with Crippen molar-refractivity contribution in [1.29, 1.82) is 0 Å². The summed E-state index contributed by atoms with van der Waals surface area (Å²) < 4.78 is 5.59. The van der Waals surface area contributed by atoms with E-state index < -0.39 is 0 Å². The molecule has 90 valence electrons. The predicted octanol–water partition coefficient (Wildman–Crippen LogP) is 1.47. The third-order valence-electron chi connectivity index (χ3n) is 3.40. The number of hydrogen-bond donors (Lipinski definition) is 1. The van der Waals surface area contributed by atoms with Crippen LogP contribution in [0, 0.1) is 5.92 Å². The Kier molecular flexibility index (Phi) is 5.58. The molecule has 0 amide bonds. The van der Waals surface area contributed by atoms with Gasteiger partial charge in [-0.3, -0.25) is 0 Å². The number of rotatable bonds is 6. The fraction of sp³-hybridized carbons (Fsp3) is 1.00. The van der Waals surface area contributed by atoms with Crippen LogP contribution in [0.3, 0.4) is 0 Å². The average Bonchev–Trinajstić information content (AvgIpc) is 2.61. The zero-order valence-corrected chi connectivity index (χ0v) is 10.4. The third kappa shape index (κ3) is 4.09. The Morgan fingerprint density at radius 2 is 2.27 bits per heavy atom. The van der Waals surface area contributed by atoms with Gasteiger partial charge in [0.05, 0.1) is 6.10 Å². The first-order chi connectivity index (χ1) is 7.15. The molecule has 1 fully saturated rings. The third-order valence-corrected chi connectivity index (χ3v) is 3.40. The Bertz CT molecular complexity index is 175. The Hall–Kier alpha value is -0.120. The maximum atomic E-state index is 5.59. The Labute approximate surface area is 94.0 Å². The molecule has 1 aliphatic rings. The maximum absolute atomic E-state index is 5.59. The van der Waals surface area contributed by atoms with E-state index in [9.17, 15) is 0 Å². The van der Waals surface area contributed by atoms with Crippen LogP contribution in [-0.2, 0) is 4.74 Å². The Morgan fingerprint density at radius 1 is 1.53 bits per heavy atom. The summed E-state index contributed by atoms with van der Waals surface area (Å²) >= 11 is 0. The maximum Gasteiger partial charge on any atom is 0.0702 e. The van der Waals surface area contributed by atoms with Crippen molar-refractivity contribution in [3.8, 4) is 0 Å². The molecule has 3 nitrogen and oxygen atoms in total. The summed E-state index contributed by atoms with van der Waals surface area (Å²) in [6.07, 6.45) is 3.97. The molecule has 0 radical (unpaired) electrons. The van der Waals surface area contributed by atoms with Crippen molar-refractivity contribution >= 4 is 0 Å². The number of nitrogens with two attached hydrogens (primary N) is 1. The number of hydrogen-bond acceptors (Lipinski definition) is 3. The van der Waals surface area contributed by atoms with Gasteiger partial charge in [-0.15, -0.1) is 0 Å². The Balaban J connectivity index is 2.24. The van der Waals surface area contributed by atoms with Crippen LogP contribution >= 0.6 is 0 Å². The van der Waals surface area contributed by atoms with Gasteiger partial charge >= 0.3 is 0 Å². The zero-order valence-electron chi connectivity index (χ0n) is 10.4. The van der Waals surface area contributed by atoms with Crippen molar-refractivity contribution in [3.63, 3.8) is 0 Å². The van der Waals surface area contributed by atoms with Crippen molar-refractivity contribution in [1.82, 2.24) is 4.90 Å². The summed E-state index contributed by atoms with van der Waals surface area (Å²) in [5.74, 6) is 0.742. The normalized spacial score (nSPS) is 28.6. The van der Waals surface area contributed by atoms with Crippen LogP contribution < -0.4 is 5.73 Å². The van der Waals surface area contributed by atoms with Crippen molar-refractivity contribution < 1.29 is 4.74 Å². The molecule has 1 aliphatic heterocycles. The SMILES string of the molecule is CC(CCCN)CN(C)C1CCOC1C. The molecule has 1 rings (SSSR count). The molecular weight excluding hydrogens is 188 g/mol. The first-order valence-corrected chi connectivity index (χ1v) is 6.17. The molecule has 1 saturated heterocycles. The summed E-state index contributed by atoms with van der Waals surface area (Å²) in [4.78, 5) is 2.46. The minimum Gasteiger partial charge on any atom is -0.377 e. The van der Waals surface area contributed by atoms with Gasteiger partial charge in [-0.05, 0) is 45.7 Å². The summed E-state index contributed by atoms with van der Waals surface area (Å²) in [6.45, 7) is 7.40. The summed E-state index contributed by atoms with van der Waals surface area (Å²) in [6, 6.07) is 0.616. The minimum absolute atomic E-state index is 0.400. The van der Waals surface area contributed by atoms with Crippen LogP contribution in [0.5, 0.6) is 0 Å². The lowest BCUT2D eigenvalue weighted by atomic mass is 10.0. The van der Waals surface area contributed by atoms with Crippen molar-refractivity contribution in [2.45, 2.75) is 45.3 Å². The molecule has 2 N–H and O–H groups in total. The number of ether oxygens (including phenoxy) is 1. The van der Waals surface area contributed by atoms with Gasteiger partial charge in [0.15, 0.2) is 0 Å². The smallest absolute Gasteiger partial charge is 0.0702 e. The van der Waals surface area contributed by atoms with Gasteiger partial charge in [-0.1, -0.05) is 6.92 Å². The molecule has 3 unspecified atom stereocenters. The van der Waals surface area contributed by atoms with E-state index in [0.717, 1.165) is 25.5 Å². The topological polar surface area (TPSA) is 38.5 Å². The van der Waals surface area contributed by atoms with Gasteiger partial charge in [-0.2, -0.15) is 0 Å². The van der Waals surface area contributed by atoms with E-state index in [2.05, 4.69) is 25.8 Å². The predicted molar refractivity (Wildman–Crippen MR) is 63.9 cm³/mol. The van der Waals surface area contributed by atoms with Gasteiger partial charge in [0, 0.05) is 19.2 Å². The molecule has 0 saturated carbocycles.